The number of nitrogens with one attached hydrogen (secondary N) is 2. The van der Waals surface area contributed by atoms with Crippen molar-refractivity contribution in [1.29, 1.82) is 0 Å². The van der Waals surface area contributed by atoms with Gasteiger partial charge in [-0.3, -0.25) is 10.7 Å². The standard InChI is InChI=1S/C25H37N3O6S/c1-18(2)16-28(35(32,33)21-13-11-20(27-31)12-14-21)17-23(29)22(15-19-9-7-6-8-10-19)26-24(30)34-25(3,4)5/h6-14,18,22-23,27,29,31H,15-17H2,1-5H3,(H,26,30)/t22-,23-/m1/s1. The molecule has 0 spiro atoms. The van der Waals surface area contributed by atoms with E-state index in [0.717, 1.165) is 5.56 Å². The van der Waals surface area contributed by atoms with Crippen molar-refractivity contribution >= 4 is 21.8 Å². The van der Waals surface area contributed by atoms with Crippen LogP contribution in [0.4, 0.5) is 10.5 Å². The van der Waals surface area contributed by atoms with Crippen LogP contribution in [0.5, 0.6) is 0 Å². The first-order chi connectivity index (χ1) is 16.3. The summed E-state index contributed by atoms with van der Waals surface area (Å²) in [6, 6.07) is 14.2. The number of sulfonamides is 1. The number of hydrogen-bond donors (Lipinski definition) is 4. The first kappa shape index (κ1) is 28.6. The smallest absolute Gasteiger partial charge is 0.407 e. The Bertz CT molecular complexity index is 1040. The molecule has 2 aromatic rings. The highest BCUT2D eigenvalue weighted by molar-refractivity contribution is 7.89. The summed E-state index contributed by atoms with van der Waals surface area (Å²) in [4.78, 5) is 12.5. The number of aliphatic hydroxyl groups is 1. The Balaban J connectivity index is 2.31. The van der Waals surface area contributed by atoms with Gasteiger partial charge in [-0.15, -0.1) is 0 Å². The van der Waals surface area contributed by atoms with Gasteiger partial charge in [-0.05, 0) is 62.9 Å². The molecular weight excluding hydrogens is 470 g/mol. The Hall–Kier alpha value is -2.66. The molecule has 0 unspecified atom stereocenters. The van der Waals surface area contributed by atoms with E-state index in [-0.39, 0.29) is 30.3 Å². The van der Waals surface area contributed by atoms with E-state index in [4.69, 9.17) is 9.94 Å². The molecule has 0 heterocycles. The molecule has 0 saturated heterocycles. The van der Waals surface area contributed by atoms with Crippen molar-refractivity contribution in [2.24, 2.45) is 5.92 Å². The molecule has 2 rings (SSSR count). The molecule has 0 aromatic heterocycles. The summed E-state index contributed by atoms with van der Waals surface area (Å²) in [5.74, 6) is -0.0123. The molecule has 194 valence electrons. The predicted molar refractivity (Wildman–Crippen MR) is 135 cm³/mol. The van der Waals surface area contributed by atoms with Crippen LogP contribution in [0, 0.1) is 5.92 Å². The van der Waals surface area contributed by atoms with Gasteiger partial charge in [0.15, 0.2) is 0 Å². The Morgan fingerprint density at radius 3 is 2.14 bits per heavy atom. The van der Waals surface area contributed by atoms with Crippen LogP contribution in [0.25, 0.3) is 0 Å². The van der Waals surface area contributed by atoms with E-state index in [9.17, 15) is 18.3 Å². The fourth-order valence-electron chi connectivity index (χ4n) is 3.47. The second-order valence-corrected chi connectivity index (χ2v) is 11.8. The van der Waals surface area contributed by atoms with Crippen LogP contribution in [-0.2, 0) is 21.2 Å². The summed E-state index contributed by atoms with van der Waals surface area (Å²) >= 11 is 0. The molecule has 2 aromatic carbocycles. The van der Waals surface area contributed by atoms with Crippen molar-refractivity contribution in [1.82, 2.24) is 9.62 Å². The van der Waals surface area contributed by atoms with E-state index in [1.807, 2.05) is 49.7 Å². The second-order valence-electron chi connectivity index (χ2n) is 9.86. The summed E-state index contributed by atoms with van der Waals surface area (Å²) in [7, 11) is -3.96. The zero-order chi connectivity index (χ0) is 26.2. The molecule has 9 nitrogen and oxygen atoms in total. The van der Waals surface area contributed by atoms with Crippen molar-refractivity contribution in [3.63, 3.8) is 0 Å². The van der Waals surface area contributed by atoms with Crippen LogP contribution < -0.4 is 10.8 Å². The number of anilines is 1. The molecule has 0 aliphatic rings. The quantitative estimate of drug-likeness (QED) is 0.342. The second kappa shape index (κ2) is 12.3. The lowest BCUT2D eigenvalue weighted by Crippen LogP contribution is -2.51. The normalized spacial score (nSPS) is 14.0. The molecule has 0 fully saturated rings. The average molecular weight is 508 g/mol. The van der Waals surface area contributed by atoms with Crippen LogP contribution in [0.15, 0.2) is 59.5 Å². The number of ether oxygens (including phenoxy) is 1. The van der Waals surface area contributed by atoms with Gasteiger partial charge in [-0.1, -0.05) is 44.2 Å². The Kier molecular flexibility index (Phi) is 10.1. The van der Waals surface area contributed by atoms with Gasteiger partial charge < -0.3 is 15.2 Å². The number of carbonyl (C=O) groups excluding carboxylic acids is 1. The van der Waals surface area contributed by atoms with Crippen molar-refractivity contribution in [3.05, 3.63) is 60.2 Å². The molecule has 1 amide bonds. The molecule has 10 heteroatoms. The number of rotatable bonds is 11. The summed E-state index contributed by atoms with van der Waals surface area (Å²) in [6.07, 6.45) is -1.62. The van der Waals surface area contributed by atoms with E-state index in [1.54, 1.807) is 20.8 Å². The summed E-state index contributed by atoms with van der Waals surface area (Å²) in [5, 5.41) is 22.9. The molecular formula is C25H37N3O6S. The summed E-state index contributed by atoms with van der Waals surface area (Å²) in [6.45, 7) is 8.93. The zero-order valence-corrected chi connectivity index (χ0v) is 21.7. The lowest BCUT2D eigenvalue weighted by atomic mass is 10.0. The first-order valence-corrected chi connectivity index (χ1v) is 13.0. The number of aliphatic hydroxyl groups excluding tert-OH is 1. The maximum absolute atomic E-state index is 13.4. The van der Waals surface area contributed by atoms with Gasteiger partial charge in [0.2, 0.25) is 10.0 Å². The van der Waals surface area contributed by atoms with Gasteiger partial charge in [0.05, 0.1) is 22.7 Å². The molecule has 0 aliphatic heterocycles. The van der Waals surface area contributed by atoms with Crippen LogP contribution >= 0.6 is 0 Å². The van der Waals surface area contributed by atoms with Crippen molar-refractivity contribution < 1.29 is 28.3 Å². The number of hydrogen-bond acceptors (Lipinski definition) is 7. The monoisotopic (exact) mass is 507 g/mol. The van der Waals surface area contributed by atoms with Crippen molar-refractivity contribution in [2.75, 3.05) is 18.6 Å². The topological polar surface area (TPSA) is 128 Å². The largest absolute Gasteiger partial charge is 0.444 e. The molecule has 2 atom stereocenters. The SMILES string of the molecule is CC(C)CN(C[C@@H](O)[C@@H](Cc1ccccc1)NC(=O)OC(C)(C)C)S(=O)(=O)c1ccc(NO)cc1. The van der Waals surface area contributed by atoms with E-state index in [2.05, 4.69) is 5.32 Å². The van der Waals surface area contributed by atoms with Gasteiger partial charge >= 0.3 is 6.09 Å². The Labute approximate surface area is 208 Å². The first-order valence-electron chi connectivity index (χ1n) is 11.5. The van der Waals surface area contributed by atoms with Crippen LogP contribution in [0.3, 0.4) is 0 Å². The predicted octanol–water partition coefficient (Wildman–Crippen LogP) is 3.63. The summed E-state index contributed by atoms with van der Waals surface area (Å²) in [5.41, 5.74) is 2.47. The molecule has 0 radical (unpaired) electrons. The Morgan fingerprint density at radius 1 is 1.03 bits per heavy atom. The summed E-state index contributed by atoms with van der Waals surface area (Å²) < 4.78 is 33.4. The van der Waals surface area contributed by atoms with Gasteiger partial charge in [-0.2, -0.15) is 4.31 Å². The van der Waals surface area contributed by atoms with E-state index in [1.165, 1.54) is 28.6 Å². The lowest BCUT2D eigenvalue weighted by Gasteiger charge is -2.31. The van der Waals surface area contributed by atoms with Crippen LogP contribution in [-0.4, -0.2) is 60.0 Å². The molecule has 4 N–H and O–H groups in total. The van der Waals surface area contributed by atoms with Crippen LogP contribution in [0.2, 0.25) is 0 Å². The van der Waals surface area contributed by atoms with Crippen LogP contribution in [0.1, 0.15) is 40.2 Å². The van der Waals surface area contributed by atoms with Gasteiger partial charge in [0.1, 0.15) is 5.60 Å². The fourth-order valence-corrected chi connectivity index (χ4v) is 5.10. The maximum atomic E-state index is 13.4. The minimum atomic E-state index is -3.96. The van der Waals surface area contributed by atoms with Gasteiger partial charge in [0.25, 0.3) is 0 Å². The zero-order valence-electron chi connectivity index (χ0n) is 20.9. The number of alkyl carbamates (subject to hydrolysis) is 1. The molecule has 35 heavy (non-hydrogen) atoms. The van der Waals surface area contributed by atoms with Gasteiger partial charge in [-0.25, -0.2) is 13.2 Å². The fraction of sp³-hybridized carbons (Fsp3) is 0.480. The van der Waals surface area contributed by atoms with E-state index in [0.29, 0.717) is 5.69 Å². The lowest BCUT2D eigenvalue weighted by molar-refractivity contribution is 0.0400. The third kappa shape index (κ3) is 9.14. The highest BCUT2D eigenvalue weighted by atomic mass is 32.2. The molecule has 0 aliphatic carbocycles. The van der Waals surface area contributed by atoms with Crippen molar-refractivity contribution in [3.8, 4) is 0 Å². The number of nitrogens with zero attached hydrogens (tertiary/aromatic N) is 1. The minimum Gasteiger partial charge on any atom is -0.444 e. The number of amides is 1. The maximum Gasteiger partial charge on any atom is 0.407 e. The van der Waals surface area contributed by atoms with Gasteiger partial charge in [0, 0.05) is 13.1 Å². The van der Waals surface area contributed by atoms with E-state index < -0.39 is 33.9 Å². The number of carbonyl (C=O) groups is 1. The minimum absolute atomic E-state index is 0.0123. The van der Waals surface area contributed by atoms with E-state index >= 15 is 0 Å². The molecule has 0 saturated carbocycles. The average Bonchev–Trinajstić information content (AvgIpc) is 2.77. The third-order valence-electron chi connectivity index (χ3n) is 5.05. The third-order valence-corrected chi connectivity index (χ3v) is 6.89. The molecule has 0 bridgehead atoms. The van der Waals surface area contributed by atoms with Crippen molar-refractivity contribution in [2.45, 2.75) is 63.7 Å². The highest BCUT2D eigenvalue weighted by Gasteiger charge is 2.32. The number of benzene rings is 2. The highest BCUT2D eigenvalue weighted by Crippen LogP contribution is 2.21. The Morgan fingerprint density at radius 2 is 1.63 bits per heavy atom.